The van der Waals surface area contributed by atoms with Gasteiger partial charge in [-0.1, -0.05) is 18.2 Å². The highest BCUT2D eigenvalue weighted by Crippen LogP contribution is 2.21. The molecule has 3 rings (SSSR count). The molecule has 138 valence electrons. The first-order valence-corrected chi connectivity index (χ1v) is 8.80. The average molecular weight is 363 g/mol. The van der Waals surface area contributed by atoms with Crippen molar-refractivity contribution in [3.63, 3.8) is 0 Å². The summed E-state index contributed by atoms with van der Waals surface area (Å²) in [6.45, 7) is 2.55. The summed E-state index contributed by atoms with van der Waals surface area (Å²) in [6, 6.07) is 16.9. The summed E-state index contributed by atoms with van der Waals surface area (Å²) < 4.78 is 11.1. The zero-order valence-corrected chi connectivity index (χ0v) is 15.1. The molecular weight excluding hydrogens is 342 g/mol. The molecule has 1 N–H and O–H groups in total. The van der Waals surface area contributed by atoms with Gasteiger partial charge in [0.2, 0.25) is 5.91 Å². The minimum Gasteiger partial charge on any atom is -0.494 e. The Morgan fingerprint density at radius 2 is 1.74 bits per heavy atom. The van der Waals surface area contributed by atoms with Crippen molar-refractivity contribution >= 4 is 11.6 Å². The summed E-state index contributed by atoms with van der Waals surface area (Å²) in [6.07, 6.45) is 4.22. The van der Waals surface area contributed by atoms with E-state index in [0.717, 1.165) is 11.3 Å². The first kappa shape index (κ1) is 18.4. The number of aromatic nitrogens is 2. The van der Waals surface area contributed by atoms with Crippen molar-refractivity contribution in [2.75, 3.05) is 11.9 Å². The number of hydrogen-bond acceptors (Lipinski definition) is 5. The molecule has 0 bridgehead atoms. The zero-order chi connectivity index (χ0) is 18.9. The number of nitrogens with one attached hydrogen (secondary N) is 1. The molecule has 3 aromatic rings. The molecule has 0 radical (unpaired) electrons. The number of para-hydroxylation sites is 1. The van der Waals surface area contributed by atoms with Gasteiger partial charge in [-0.3, -0.25) is 4.79 Å². The first-order chi connectivity index (χ1) is 13.2. The van der Waals surface area contributed by atoms with Crippen molar-refractivity contribution < 1.29 is 14.3 Å². The first-order valence-electron chi connectivity index (χ1n) is 8.80. The number of rotatable bonds is 8. The molecule has 1 heterocycles. The van der Waals surface area contributed by atoms with E-state index in [1.807, 2.05) is 31.2 Å². The topological polar surface area (TPSA) is 73.3 Å². The standard InChI is InChI=1S/C21H21N3O3/c1-2-26-19-7-4-3-6-16(19)8-13-20(25)24-17-9-11-18(12-10-17)27-21-22-14-5-15-23-21/h3-7,9-12,14-15H,2,8,13H2,1H3,(H,24,25). The third-order valence-corrected chi connectivity index (χ3v) is 3.78. The Balaban J connectivity index is 1.52. The zero-order valence-electron chi connectivity index (χ0n) is 15.1. The van der Waals surface area contributed by atoms with Crippen LogP contribution in [0, 0.1) is 0 Å². The minimum atomic E-state index is -0.0543. The van der Waals surface area contributed by atoms with Crippen molar-refractivity contribution in [1.82, 2.24) is 9.97 Å². The van der Waals surface area contributed by atoms with Crippen LogP contribution in [-0.4, -0.2) is 22.5 Å². The van der Waals surface area contributed by atoms with E-state index in [-0.39, 0.29) is 11.9 Å². The summed E-state index contributed by atoms with van der Waals surface area (Å²) in [7, 11) is 0. The van der Waals surface area contributed by atoms with Crippen LogP contribution in [0.5, 0.6) is 17.5 Å². The fourth-order valence-corrected chi connectivity index (χ4v) is 2.53. The SMILES string of the molecule is CCOc1ccccc1CCC(=O)Nc1ccc(Oc2ncccn2)cc1. The predicted molar refractivity (Wildman–Crippen MR) is 103 cm³/mol. The van der Waals surface area contributed by atoms with Crippen LogP contribution in [0.4, 0.5) is 5.69 Å². The number of benzene rings is 2. The third-order valence-electron chi connectivity index (χ3n) is 3.78. The molecule has 0 spiro atoms. The molecule has 2 aromatic carbocycles. The summed E-state index contributed by atoms with van der Waals surface area (Å²) in [5.41, 5.74) is 1.74. The van der Waals surface area contributed by atoms with Gasteiger partial charge in [-0.15, -0.1) is 0 Å². The maximum Gasteiger partial charge on any atom is 0.321 e. The number of nitrogens with zero attached hydrogens (tertiary/aromatic N) is 2. The largest absolute Gasteiger partial charge is 0.494 e. The van der Waals surface area contributed by atoms with Gasteiger partial charge in [0.15, 0.2) is 0 Å². The van der Waals surface area contributed by atoms with Crippen LogP contribution in [-0.2, 0) is 11.2 Å². The van der Waals surface area contributed by atoms with Gasteiger partial charge in [-0.05, 0) is 55.3 Å². The maximum atomic E-state index is 12.2. The van der Waals surface area contributed by atoms with Crippen LogP contribution in [0.2, 0.25) is 0 Å². The molecule has 1 aromatic heterocycles. The van der Waals surface area contributed by atoms with E-state index in [9.17, 15) is 4.79 Å². The number of anilines is 1. The van der Waals surface area contributed by atoms with E-state index in [0.29, 0.717) is 30.9 Å². The van der Waals surface area contributed by atoms with Crippen molar-refractivity contribution in [3.8, 4) is 17.5 Å². The van der Waals surface area contributed by atoms with Gasteiger partial charge in [0.25, 0.3) is 0 Å². The second kappa shape index (κ2) is 9.33. The van der Waals surface area contributed by atoms with E-state index in [1.54, 1.807) is 42.7 Å². The molecule has 0 saturated carbocycles. The molecule has 0 fully saturated rings. The molecule has 1 amide bonds. The molecule has 0 aliphatic carbocycles. The summed E-state index contributed by atoms with van der Waals surface area (Å²) in [5, 5.41) is 2.89. The lowest BCUT2D eigenvalue weighted by Gasteiger charge is -2.10. The van der Waals surface area contributed by atoms with Crippen LogP contribution in [0.3, 0.4) is 0 Å². The number of aryl methyl sites for hydroxylation is 1. The fourth-order valence-electron chi connectivity index (χ4n) is 2.53. The van der Waals surface area contributed by atoms with Gasteiger partial charge >= 0.3 is 6.01 Å². The smallest absolute Gasteiger partial charge is 0.321 e. The quantitative estimate of drug-likeness (QED) is 0.648. The average Bonchev–Trinajstić information content (AvgIpc) is 2.70. The van der Waals surface area contributed by atoms with Gasteiger partial charge in [-0.25, -0.2) is 9.97 Å². The number of hydrogen-bond donors (Lipinski definition) is 1. The highest BCUT2D eigenvalue weighted by molar-refractivity contribution is 5.90. The van der Waals surface area contributed by atoms with Crippen molar-refractivity contribution in [2.24, 2.45) is 0 Å². The minimum absolute atomic E-state index is 0.0543. The third kappa shape index (κ3) is 5.54. The number of ether oxygens (including phenoxy) is 2. The lowest BCUT2D eigenvalue weighted by Crippen LogP contribution is -2.12. The Morgan fingerprint density at radius 1 is 1.00 bits per heavy atom. The molecule has 0 saturated heterocycles. The lowest BCUT2D eigenvalue weighted by atomic mass is 10.1. The summed E-state index contributed by atoms with van der Waals surface area (Å²) in [5.74, 6) is 1.38. The van der Waals surface area contributed by atoms with Gasteiger partial charge in [0.1, 0.15) is 11.5 Å². The molecule has 27 heavy (non-hydrogen) atoms. The van der Waals surface area contributed by atoms with Crippen molar-refractivity contribution in [1.29, 1.82) is 0 Å². The van der Waals surface area contributed by atoms with Crippen molar-refractivity contribution in [3.05, 3.63) is 72.6 Å². The van der Waals surface area contributed by atoms with E-state index in [4.69, 9.17) is 9.47 Å². The van der Waals surface area contributed by atoms with Crippen molar-refractivity contribution in [2.45, 2.75) is 19.8 Å². The molecule has 0 atom stereocenters. The second-order valence-corrected chi connectivity index (χ2v) is 5.75. The Bertz CT molecular complexity index is 867. The molecular formula is C21H21N3O3. The Hall–Kier alpha value is -3.41. The Morgan fingerprint density at radius 3 is 2.48 bits per heavy atom. The van der Waals surface area contributed by atoms with E-state index in [2.05, 4.69) is 15.3 Å². The lowest BCUT2D eigenvalue weighted by molar-refractivity contribution is -0.116. The molecule has 0 aliphatic heterocycles. The van der Waals surface area contributed by atoms with Gasteiger partial charge in [0, 0.05) is 24.5 Å². The van der Waals surface area contributed by atoms with Crippen LogP contribution < -0.4 is 14.8 Å². The Labute approximate surface area is 158 Å². The maximum absolute atomic E-state index is 12.2. The molecule has 0 aliphatic rings. The molecule has 6 nitrogen and oxygen atoms in total. The fraction of sp³-hybridized carbons (Fsp3) is 0.190. The number of amides is 1. The van der Waals surface area contributed by atoms with Crippen LogP contribution >= 0.6 is 0 Å². The second-order valence-electron chi connectivity index (χ2n) is 5.75. The molecule has 6 heteroatoms. The van der Waals surface area contributed by atoms with Crippen LogP contribution in [0.1, 0.15) is 18.9 Å². The van der Waals surface area contributed by atoms with Gasteiger partial charge < -0.3 is 14.8 Å². The van der Waals surface area contributed by atoms with Gasteiger partial charge in [0.05, 0.1) is 6.61 Å². The van der Waals surface area contributed by atoms with Gasteiger partial charge in [-0.2, -0.15) is 0 Å². The van der Waals surface area contributed by atoms with E-state index in [1.165, 1.54) is 0 Å². The molecule has 0 unspecified atom stereocenters. The number of carbonyl (C=O) groups excluding carboxylic acids is 1. The highest BCUT2D eigenvalue weighted by Gasteiger charge is 2.07. The van der Waals surface area contributed by atoms with E-state index >= 15 is 0 Å². The highest BCUT2D eigenvalue weighted by atomic mass is 16.5. The summed E-state index contributed by atoms with van der Waals surface area (Å²) in [4.78, 5) is 20.2. The van der Waals surface area contributed by atoms with Crippen LogP contribution in [0.15, 0.2) is 67.0 Å². The number of carbonyl (C=O) groups is 1. The van der Waals surface area contributed by atoms with E-state index < -0.39 is 0 Å². The summed E-state index contributed by atoms with van der Waals surface area (Å²) >= 11 is 0. The monoisotopic (exact) mass is 363 g/mol. The predicted octanol–water partition coefficient (Wildman–Crippen LogP) is 4.24. The normalized spacial score (nSPS) is 10.3. The van der Waals surface area contributed by atoms with Crippen LogP contribution in [0.25, 0.3) is 0 Å². The Kier molecular flexibility index (Phi) is 6.35.